The highest BCUT2D eigenvalue weighted by molar-refractivity contribution is 7.86. The van der Waals surface area contributed by atoms with E-state index in [0.717, 1.165) is 18.5 Å². The van der Waals surface area contributed by atoms with Crippen LogP contribution < -0.4 is 4.48 Å². The molecule has 0 aromatic heterocycles. The third kappa shape index (κ3) is 4.08. The van der Waals surface area contributed by atoms with Gasteiger partial charge in [-0.2, -0.15) is 8.42 Å². The summed E-state index contributed by atoms with van der Waals surface area (Å²) in [6.45, 7) is 2.24. The summed E-state index contributed by atoms with van der Waals surface area (Å²) >= 11 is 0. The van der Waals surface area contributed by atoms with Crippen LogP contribution in [0.4, 0.5) is 5.69 Å². The van der Waals surface area contributed by atoms with Gasteiger partial charge in [0.2, 0.25) is 0 Å². The molecule has 1 aromatic rings. The van der Waals surface area contributed by atoms with Gasteiger partial charge in [0.05, 0.1) is 32.6 Å². The second-order valence-corrected chi connectivity index (χ2v) is 6.75. The van der Waals surface area contributed by atoms with Crippen molar-refractivity contribution in [2.45, 2.75) is 24.7 Å². The lowest BCUT2D eigenvalue weighted by Gasteiger charge is -2.23. The van der Waals surface area contributed by atoms with Gasteiger partial charge < -0.3 is 0 Å². The molecule has 0 fully saturated rings. The monoisotopic (exact) mass is 272 g/mol. The highest BCUT2D eigenvalue weighted by Crippen LogP contribution is 2.20. The molecular formula is C13H22NO3S+. The molecule has 0 aliphatic carbocycles. The van der Waals surface area contributed by atoms with E-state index in [1.54, 1.807) is 12.1 Å². The van der Waals surface area contributed by atoms with Crippen LogP contribution in [0.1, 0.15) is 19.8 Å². The lowest BCUT2D eigenvalue weighted by atomic mass is 10.3. The van der Waals surface area contributed by atoms with Crippen molar-refractivity contribution in [2.24, 2.45) is 0 Å². The molecule has 0 atom stereocenters. The topological polar surface area (TPSA) is 43.4 Å². The molecule has 0 radical (unpaired) electrons. The van der Waals surface area contributed by atoms with Crippen molar-refractivity contribution in [1.82, 2.24) is 4.48 Å². The van der Waals surface area contributed by atoms with Crippen molar-refractivity contribution in [1.29, 1.82) is 0 Å². The van der Waals surface area contributed by atoms with Gasteiger partial charge in [-0.25, -0.2) is 0 Å². The number of unbranched alkanes of at least 4 members (excludes halogenated alkanes) is 1. The van der Waals surface area contributed by atoms with Crippen LogP contribution >= 0.6 is 0 Å². The van der Waals surface area contributed by atoms with Gasteiger partial charge in [0.1, 0.15) is 5.69 Å². The Hall–Kier alpha value is -0.910. The minimum Gasteiger partial charge on any atom is -0.298 e. The van der Waals surface area contributed by atoms with Crippen LogP contribution in [0.25, 0.3) is 0 Å². The molecule has 0 bridgehead atoms. The fourth-order valence-electron chi connectivity index (χ4n) is 1.44. The van der Waals surface area contributed by atoms with Gasteiger partial charge in [-0.15, -0.1) is 0 Å². The highest BCUT2D eigenvalue weighted by Gasteiger charge is 2.17. The van der Waals surface area contributed by atoms with Crippen molar-refractivity contribution in [3.63, 3.8) is 0 Å². The first kappa shape index (κ1) is 15.1. The van der Waals surface area contributed by atoms with Crippen molar-refractivity contribution < 1.29 is 12.6 Å². The van der Waals surface area contributed by atoms with Gasteiger partial charge in [0.15, 0.2) is 0 Å². The van der Waals surface area contributed by atoms with E-state index in [1.807, 2.05) is 40.2 Å². The number of hydrogen-bond acceptors (Lipinski definition) is 3. The molecule has 0 saturated heterocycles. The van der Waals surface area contributed by atoms with Gasteiger partial charge in [0, 0.05) is 12.1 Å². The molecule has 5 heteroatoms. The molecule has 0 aliphatic rings. The van der Waals surface area contributed by atoms with E-state index in [4.69, 9.17) is 4.18 Å². The summed E-state index contributed by atoms with van der Waals surface area (Å²) in [5, 5.41) is 0. The Bertz CT molecular complexity index is 472. The van der Waals surface area contributed by atoms with Crippen LogP contribution in [0.3, 0.4) is 0 Å². The molecule has 1 rings (SSSR count). The lowest BCUT2D eigenvalue weighted by Crippen LogP contribution is -2.34. The zero-order chi connectivity index (χ0) is 13.8. The summed E-state index contributed by atoms with van der Waals surface area (Å²) in [7, 11) is 2.49. The Labute approximate surface area is 110 Å². The predicted molar refractivity (Wildman–Crippen MR) is 74.1 cm³/mol. The summed E-state index contributed by atoms with van der Waals surface area (Å²) in [6, 6.07) is 6.83. The molecular weight excluding hydrogens is 250 g/mol. The summed E-state index contributed by atoms with van der Waals surface area (Å²) in [4.78, 5) is 0.218. The molecule has 0 amide bonds. The number of quaternary nitrogens is 1. The van der Waals surface area contributed by atoms with Crippen LogP contribution in [-0.4, -0.2) is 36.2 Å². The van der Waals surface area contributed by atoms with E-state index >= 15 is 0 Å². The maximum atomic E-state index is 11.8. The smallest absolute Gasteiger partial charge is 0.296 e. The molecule has 0 saturated carbocycles. The van der Waals surface area contributed by atoms with Gasteiger partial charge >= 0.3 is 0 Å². The number of hydrogen-bond donors (Lipinski definition) is 0. The largest absolute Gasteiger partial charge is 0.298 e. The first-order valence-electron chi connectivity index (χ1n) is 6.09. The Morgan fingerprint density at radius 3 is 2.11 bits per heavy atom. The fourth-order valence-corrected chi connectivity index (χ4v) is 2.38. The molecule has 102 valence electrons. The molecule has 0 N–H and O–H groups in total. The van der Waals surface area contributed by atoms with Crippen LogP contribution in [-0.2, 0) is 14.3 Å². The zero-order valence-corrected chi connectivity index (χ0v) is 12.3. The predicted octanol–water partition coefficient (Wildman–Crippen LogP) is 2.39. The number of benzene rings is 1. The molecule has 0 spiro atoms. The second kappa shape index (κ2) is 5.82. The SMILES string of the molecule is CCCCOS(=O)(=O)c1ccc([N+](C)(C)C)cc1. The standard InChI is InChI=1S/C13H22NO3S/c1-5-6-11-17-18(15,16)13-9-7-12(8-10-13)14(2,3)4/h7-10H,5-6,11H2,1-4H3/q+1. The molecule has 18 heavy (non-hydrogen) atoms. The normalized spacial score (nSPS) is 12.7. The van der Waals surface area contributed by atoms with Gasteiger partial charge in [-0.3, -0.25) is 8.67 Å². The summed E-state index contributed by atoms with van der Waals surface area (Å²) in [5.74, 6) is 0. The fraction of sp³-hybridized carbons (Fsp3) is 0.538. The first-order chi connectivity index (χ1) is 8.27. The Kier molecular flexibility index (Phi) is 4.90. The van der Waals surface area contributed by atoms with Gasteiger partial charge in [-0.1, -0.05) is 13.3 Å². The van der Waals surface area contributed by atoms with E-state index in [-0.39, 0.29) is 11.5 Å². The summed E-state index contributed by atoms with van der Waals surface area (Å²) in [6.07, 6.45) is 1.66. The number of rotatable bonds is 6. The van der Waals surface area contributed by atoms with E-state index in [0.29, 0.717) is 4.48 Å². The van der Waals surface area contributed by atoms with Crippen LogP contribution in [0.5, 0.6) is 0 Å². The summed E-state index contributed by atoms with van der Waals surface area (Å²) < 4.78 is 29.3. The zero-order valence-electron chi connectivity index (χ0n) is 11.5. The molecule has 0 unspecified atom stereocenters. The average Bonchev–Trinajstić information content (AvgIpc) is 2.28. The van der Waals surface area contributed by atoms with Crippen LogP contribution in [0.2, 0.25) is 0 Å². The van der Waals surface area contributed by atoms with E-state index in [2.05, 4.69) is 0 Å². The molecule has 0 aliphatic heterocycles. The number of nitrogens with zero attached hydrogens (tertiary/aromatic N) is 1. The minimum atomic E-state index is -3.60. The third-order valence-electron chi connectivity index (χ3n) is 2.64. The quantitative estimate of drug-likeness (QED) is 0.454. The van der Waals surface area contributed by atoms with E-state index in [9.17, 15) is 8.42 Å². The van der Waals surface area contributed by atoms with Crippen LogP contribution in [0, 0.1) is 0 Å². The van der Waals surface area contributed by atoms with Crippen molar-refractivity contribution in [2.75, 3.05) is 27.7 Å². The minimum absolute atomic E-state index is 0.218. The van der Waals surface area contributed by atoms with E-state index < -0.39 is 10.1 Å². The molecule has 0 heterocycles. The van der Waals surface area contributed by atoms with E-state index in [1.165, 1.54) is 0 Å². The maximum absolute atomic E-state index is 11.8. The van der Waals surface area contributed by atoms with Gasteiger partial charge in [-0.05, 0) is 18.6 Å². The third-order valence-corrected chi connectivity index (χ3v) is 3.96. The van der Waals surface area contributed by atoms with Gasteiger partial charge in [0.25, 0.3) is 10.1 Å². The first-order valence-corrected chi connectivity index (χ1v) is 7.49. The summed E-state index contributed by atoms with van der Waals surface area (Å²) in [5.41, 5.74) is 1.04. The lowest BCUT2D eigenvalue weighted by molar-refractivity contribution is 0.311. The molecule has 1 aromatic carbocycles. The maximum Gasteiger partial charge on any atom is 0.296 e. The highest BCUT2D eigenvalue weighted by atomic mass is 32.2. The van der Waals surface area contributed by atoms with Crippen molar-refractivity contribution >= 4 is 15.8 Å². The Balaban J connectivity index is 2.85. The Morgan fingerprint density at radius 1 is 1.11 bits per heavy atom. The Morgan fingerprint density at radius 2 is 1.67 bits per heavy atom. The second-order valence-electron chi connectivity index (χ2n) is 5.14. The molecule has 4 nitrogen and oxygen atoms in total. The van der Waals surface area contributed by atoms with Crippen molar-refractivity contribution in [3.8, 4) is 0 Å². The van der Waals surface area contributed by atoms with Crippen molar-refractivity contribution in [3.05, 3.63) is 24.3 Å². The van der Waals surface area contributed by atoms with Crippen LogP contribution in [0.15, 0.2) is 29.2 Å². The average molecular weight is 272 g/mol.